The smallest absolute Gasteiger partial charge is 0.221 e. The van der Waals surface area contributed by atoms with Gasteiger partial charge in [-0.2, -0.15) is 0 Å². The molecule has 5 nitrogen and oxygen atoms in total. The minimum atomic E-state index is -0.361. The molecule has 4 N–H and O–H groups in total. The van der Waals surface area contributed by atoms with Crippen molar-refractivity contribution in [2.45, 2.75) is 6.42 Å². The third kappa shape index (κ3) is 2.83. The highest BCUT2D eigenvalue weighted by Crippen LogP contribution is 2.26. The number of hydrogen-bond donors (Lipinski definition) is 3. The van der Waals surface area contributed by atoms with E-state index in [-0.39, 0.29) is 18.2 Å². The molecule has 0 saturated carbocycles. The minimum absolute atomic E-state index is 0.0929. The molecule has 3 aromatic rings. The molecular weight excluding hydrogens is 278 g/mol. The second kappa shape index (κ2) is 5.73. The number of fused-ring (bicyclic) bond motifs is 1. The van der Waals surface area contributed by atoms with Crippen LogP contribution in [0.5, 0.6) is 5.88 Å². The maximum Gasteiger partial charge on any atom is 0.221 e. The molecule has 0 bridgehead atoms. The van der Waals surface area contributed by atoms with E-state index in [0.29, 0.717) is 5.56 Å². The minimum Gasteiger partial charge on any atom is -0.494 e. The predicted octanol–water partition coefficient (Wildman–Crippen LogP) is 2.65. The summed E-state index contributed by atoms with van der Waals surface area (Å²) < 4.78 is 0. The molecule has 3 rings (SSSR count). The van der Waals surface area contributed by atoms with Crippen LogP contribution in [0, 0.1) is 0 Å². The number of carbonyl (C=O) groups is 1. The molecule has 0 aliphatic rings. The summed E-state index contributed by atoms with van der Waals surface area (Å²) in [6, 6.07) is 14.9. The first-order valence-electron chi connectivity index (χ1n) is 6.84. The first-order chi connectivity index (χ1) is 10.6. The van der Waals surface area contributed by atoms with E-state index in [1.807, 2.05) is 36.4 Å². The molecule has 1 heterocycles. The number of hydrogen-bond acceptors (Lipinski definition) is 3. The quantitative estimate of drug-likeness (QED) is 0.645. The van der Waals surface area contributed by atoms with E-state index in [1.54, 1.807) is 18.3 Å². The second-order valence-corrected chi connectivity index (χ2v) is 5.00. The number of amides is 1. The number of primary amides is 1. The zero-order valence-corrected chi connectivity index (χ0v) is 11.8. The molecule has 0 unspecified atom stereocenters. The molecule has 0 fully saturated rings. The van der Waals surface area contributed by atoms with Gasteiger partial charge in [-0.05, 0) is 23.8 Å². The van der Waals surface area contributed by atoms with Crippen LogP contribution in [0.2, 0.25) is 0 Å². The van der Waals surface area contributed by atoms with Crippen LogP contribution in [0.15, 0.2) is 53.5 Å². The maximum absolute atomic E-state index is 10.9. The van der Waals surface area contributed by atoms with Gasteiger partial charge in [0.05, 0.1) is 17.7 Å². The molecule has 0 aliphatic heterocycles. The first-order valence-corrected chi connectivity index (χ1v) is 6.84. The molecule has 0 saturated heterocycles. The van der Waals surface area contributed by atoms with Crippen molar-refractivity contribution >= 4 is 28.7 Å². The number of rotatable bonds is 4. The van der Waals surface area contributed by atoms with Crippen LogP contribution in [0.25, 0.3) is 10.9 Å². The van der Waals surface area contributed by atoms with Crippen molar-refractivity contribution in [3.63, 3.8) is 0 Å². The summed E-state index contributed by atoms with van der Waals surface area (Å²) in [6.07, 6.45) is 1.84. The fourth-order valence-corrected chi connectivity index (χ4v) is 2.32. The van der Waals surface area contributed by atoms with Crippen molar-refractivity contribution in [2.75, 3.05) is 0 Å². The Morgan fingerprint density at radius 2 is 1.91 bits per heavy atom. The van der Waals surface area contributed by atoms with Gasteiger partial charge < -0.3 is 15.8 Å². The van der Waals surface area contributed by atoms with Gasteiger partial charge in [-0.3, -0.25) is 9.79 Å². The van der Waals surface area contributed by atoms with Crippen molar-refractivity contribution in [2.24, 2.45) is 10.7 Å². The van der Waals surface area contributed by atoms with E-state index in [0.717, 1.165) is 22.2 Å². The van der Waals surface area contributed by atoms with Gasteiger partial charge in [-0.15, -0.1) is 0 Å². The molecule has 5 heteroatoms. The number of aromatic amines is 1. The van der Waals surface area contributed by atoms with Crippen LogP contribution in [-0.2, 0) is 11.2 Å². The molecule has 110 valence electrons. The molecule has 0 atom stereocenters. The monoisotopic (exact) mass is 293 g/mol. The highest BCUT2D eigenvalue weighted by atomic mass is 16.3. The van der Waals surface area contributed by atoms with E-state index < -0.39 is 0 Å². The van der Waals surface area contributed by atoms with Crippen LogP contribution < -0.4 is 5.73 Å². The molecule has 0 radical (unpaired) electrons. The first kappa shape index (κ1) is 13.9. The molecule has 2 aromatic carbocycles. The third-order valence-electron chi connectivity index (χ3n) is 3.38. The average Bonchev–Trinajstić information content (AvgIpc) is 2.81. The van der Waals surface area contributed by atoms with Gasteiger partial charge in [0.25, 0.3) is 0 Å². The van der Waals surface area contributed by atoms with E-state index in [4.69, 9.17) is 5.73 Å². The Bertz CT molecular complexity index is 848. The highest BCUT2D eigenvalue weighted by Gasteiger charge is 2.07. The topological polar surface area (TPSA) is 91.5 Å². The number of nitrogens with one attached hydrogen (secondary N) is 1. The lowest BCUT2D eigenvalue weighted by Crippen LogP contribution is -2.13. The van der Waals surface area contributed by atoms with Gasteiger partial charge in [0.2, 0.25) is 5.91 Å². The molecule has 22 heavy (non-hydrogen) atoms. The molecule has 0 aliphatic carbocycles. The van der Waals surface area contributed by atoms with Gasteiger partial charge in [-0.1, -0.05) is 30.3 Å². The Labute approximate surface area is 127 Å². The number of aromatic nitrogens is 1. The van der Waals surface area contributed by atoms with Crippen LogP contribution in [0.4, 0.5) is 5.69 Å². The van der Waals surface area contributed by atoms with Crippen molar-refractivity contribution in [3.8, 4) is 5.88 Å². The summed E-state index contributed by atoms with van der Waals surface area (Å²) >= 11 is 0. The largest absolute Gasteiger partial charge is 0.494 e. The molecule has 1 aromatic heterocycles. The lowest BCUT2D eigenvalue weighted by atomic mass is 10.1. The van der Waals surface area contributed by atoms with Crippen LogP contribution in [0.3, 0.4) is 0 Å². The summed E-state index contributed by atoms with van der Waals surface area (Å²) in [5.74, 6) is -0.268. The van der Waals surface area contributed by atoms with E-state index >= 15 is 0 Å². The fraction of sp³-hybridized carbons (Fsp3) is 0.0588. The zero-order chi connectivity index (χ0) is 15.5. The Morgan fingerprint density at radius 1 is 1.18 bits per heavy atom. The molecule has 0 spiro atoms. The van der Waals surface area contributed by atoms with Crippen LogP contribution in [-0.4, -0.2) is 22.2 Å². The Balaban J connectivity index is 1.86. The molecular formula is C17H15N3O2. The zero-order valence-electron chi connectivity index (χ0n) is 11.8. The number of aromatic hydroxyl groups is 1. The Morgan fingerprint density at radius 3 is 2.64 bits per heavy atom. The summed E-state index contributed by atoms with van der Waals surface area (Å²) in [5.41, 5.74) is 8.25. The summed E-state index contributed by atoms with van der Waals surface area (Å²) in [5, 5.41) is 10.9. The summed E-state index contributed by atoms with van der Waals surface area (Å²) in [7, 11) is 0. The van der Waals surface area contributed by atoms with Crippen molar-refractivity contribution in [1.29, 1.82) is 0 Å². The lowest BCUT2D eigenvalue weighted by Gasteiger charge is -1.98. The number of aliphatic imine (C=N–C) groups is 1. The van der Waals surface area contributed by atoms with E-state index in [2.05, 4.69) is 9.98 Å². The maximum atomic E-state index is 10.9. The number of benzene rings is 2. The van der Waals surface area contributed by atoms with Crippen molar-refractivity contribution < 1.29 is 9.90 Å². The van der Waals surface area contributed by atoms with Gasteiger partial charge in [0.15, 0.2) is 5.88 Å². The number of para-hydroxylation sites is 1. The van der Waals surface area contributed by atoms with E-state index in [1.165, 1.54) is 0 Å². The molecule has 1 amide bonds. The fourth-order valence-electron chi connectivity index (χ4n) is 2.32. The van der Waals surface area contributed by atoms with E-state index in [9.17, 15) is 9.90 Å². The Kier molecular flexibility index (Phi) is 3.62. The number of nitrogens with zero attached hydrogens (tertiary/aromatic N) is 1. The highest BCUT2D eigenvalue weighted by molar-refractivity contribution is 6.02. The lowest BCUT2D eigenvalue weighted by molar-refractivity contribution is -0.117. The predicted molar refractivity (Wildman–Crippen MR) is 86.6 cm³/mol. The van der Waals surface area contributed by atoms with Crippen LogP contribution in [0.1, 0.15) is 11.1 Å². The average molecular weight is 293 g/mol. The van der Waals surface area contributed by atoms with Gasteiger partial charge in [-0.25, -0.2) is 0 Å². The summed E-state index contributed by atoms with van der Waals surface area (Å²) in [4.78, 5) is 18.1. The Hall–Kier alpha value is -3.08. The normalized spacial score (nSPS) is 11.3. The second-order valence-electron chi connectivity index (χ2n) is 5.00. The SMILES string of the molecule is NC(=O)Cc1ccc(N=Cc2c(O)[nH]c3ccccc23)cc1. The van der Waals surface area contributed by atoms with Crippen molar-refractivity contribution in [1.82, 2.24) is 4.98 Å². The summed E-state index contributed by atoms with van der Waals surface area (Å²) in [6.45, 7) is 0. The number of nitrogens with two attached hydrogens (primary N) is 1. The van der Waals surface area contributed by atoms with Gasteiger partial charge in [0, 0.05) is 17.1 Å². The van der Waals surface area contributed by atoms with Crippen molar-refractivity contribution in [3.05, 3.63) is 59.7 Å². The standard InChI is InChI=1S/C17H15N3O2/c18-16(21)9-11-5-7-12(8-6-11)19-10-14-13-3-1-2-4-15(13)20-17(14)22/h1-8,10,20,22H,9H2,(H2,18,21). The third-order valence-corrected chi connectivity index (χ3v) is 3.38. The number of carbonyl (C=O) groups excluding carboxylic acids is 1. The van der Waals surface area contributed by atoms with Crippen LogP contribution >= 0.6 is 0 Å². The van der Waals surface area contributed by atoms with Gasteiger partial charge >= 0.3 is 0 Å². The number of H-pyrrole nitrogens is 1. The van der Waals surface area contributed by atoms with Gasteiger partial charge in [0.1, 0.15) is 0 Å².